The van der Waals surface area contributed by atoms with Crippen molar-refractivity contribution in [2.24, 2.45) is 21.1 Å². The molecule has 0 spiro atoms. The molecule has 0 fully saturated rings. The monoisotopic (exact) mass is 732 g/mol. The Morgan fingerprint density at radius 3 is 1.44 bits per heavy atom. The summed E-state index contributed by atoms with van der Waals surface area (Å²) in [6.07, 6.45) is 6.28. The van der Waals surface area contributed by atoms with Crippen LogP contribution in [0.4, 0.5) is 0 Å². The zero-order valence-electron chi connectivity index (χ0n) is 35.9. The highest BCUT2D eigenvalue weighted by Crippen LogP contribution is 2.33. The number of para-hydroxylation sites is 4. The Hall–Kier alpha value is -5.16. The van der Waals surface area contributed by atoms with Crippen LogP contribution in [0.2, 0.25) is 0 Å². The summed E-state index contributed by atoms with van der Waals surface area (Å²) >= 11 is 0. The Morgan fingerprint density at radius 1 is 0.444 bits per heavy atom. The summed E-state index contributed by atoms with van der Waals surface area (Å²) in [4.78, 5) is 0. The molecule has 0 saturated carbocycles. The van der Waals surface area contributed by atoms with Crippen molar-refractivity contribution in [1.82, 2.24) is 13.7 Å². The molecule has 0 unspecified atom stereocenters. The van der Waals surface area contributed by atoms with Crippen LogP contribution in [-0.2, 0) is 21.1 Å². The Balaban J connectivity index is 0.000000805. The first kappa shape index (κ1) is 48.8. The van der Waals surface area contributed by atoms with Gasteiger partial charge in [0, 0.05) is 16.2 Å². The number of hydrogen-bond acceptors (Lipinski definition) is 0. The summed E-state index contributed by atoms with van der Waals surface area (Å²) in [6.45, 7) is 26.2. The van der Waals surface area contributed by atoms with Crippen LogP contribution in [0.25, 0.3) is 55.4 Å². The van der Waals surface area contributed by atoms with Gasteiger partial charge in [-0.2, -0.15) is 9.13 Å². The van der Waals surface area contributed by atoms with Crippen LogP contribution in [0.1, 0.15) is 96.1 Å². The molecule has 5 nitrogen and oxygen atoms in total. The number of rotatable bonds is 2. The van der Waals surface area contributed by atoms with E-state index in [4.69, 9.17) is 0 Å². The van der Waals surface area contributed by atoms with E-state index >= 15 is 0 Å². The van der Waals surface area contributed by atoms with Crippen LogP contribution in [0.3, 0.4) is 0 Å². The average Bonchev–Trinajstić information content (AvgIpc) is 3.89. The van der Waals surface area contributed by atoms with Gasteiger partial charge >= 0.3 is 5.95 Å². The van der Waals surface area contributed by atoms with Gasteiger partial charge in [0.1, 0.15) is 22.2 Å². The Labute approximate surface area is 329 Å². The summed E-state index contributed by atoms with van der Waals surface area (Å²) in [7, 11) is 6.28. The second-order valence-corrected chi connectivity index (χ2v) is 10.7. The fourth-order valence-electron chi connectivity index (χ4n) is 6.24. The van der Waals surface area contributed by atoms with Gasteiger partial charge in [0.15, 0.2) is 0 Å². The number of fused-ring (bicyclic) bond motifs is 6. The van der Waals surface area contributed by atoms with Crippen LogP contribution in [0, 0.1) is 6.92 Å². The van der Waals surface area contributed by atoms with Crippen LogP contribution < -0.4 is 9.13 Å². The number of imidazole rings is 1. The maximum absolute atomic E-state index is 2.36. The molecular weight excluding hydrogens is 659 g/mol. The summed E-state index contributed by atoms with van der Waals surface area (Å²) in [5.74, 6) is 1.16. The van der Waals surface area contributed by atoms with Crippen molar-refractivity contribution in [3.05, 3.63) is 133 Å². The van der Waals surface area contributed by atoms with E-state index in [1.54, 1.807) is 0 Å². The highest BCUT2D eigenvalue weighted by atomic mass is 15.3. The van der Waals surface area contributed by atoms with Crippen molar-refractivity contribution in [1.29, 1.82) is 0 Å². The SMILES string of the molecule is C.CC.CC.CC.CC.CC.CC.C[n+]1cccc2c3ccccc3n(-c3ccccc3)c21.Cc1cccc2c3ccccc3n(-c3n(C)cc[n+]3C)c12. The van der Waals surface area contributed by atoms with Gasteiger partial charge in [-0.3, -0.25) is 0 Å². The average molecular weight is 732 g/mol. The third kappa shape index (κ3) is 10.3. The minimum absolute atomic E-state index is 0. The van der Waals surface area contributed by atoms with Crippen molar-refractivity contribution in [2.45, 2.75) is 97.4 Å². The van der Waals surface area contributed by atoms with Gasteiger partial charge < -0.3 is 0 Å². The smallest absolute Gasteiger partial charge is 0.237 e. The van der Waals surface area contributed by atoms with Gasteiger partial charge in [-0.15, -0.1) is 0 Å². The van der Waals surface area contributed by atoms with E-state index in [0.29, 0.717) is 0 Å². The molecule has 4 aromatic carbocycles. The molecule has 54 heavy (non-hydrogen) atoms. The van der Waals surface area contributed by atoms with Crippen molar-refractivity contribution < 1.29 is 9.13 Å². The summed E-state index contributed by atoms with van der Waals surface area (Å²) in [5.41, 5.74) is 7.50. The minimum Gasteiger partial charge on any atom is -0.237 e. The number of pyridine rings is 1. The van der Waals surface area contributed by atoms with Gasteiger partial charge in [0.05, 0.1) is 45.1 Å². The van der Waals surface area contributed by atoms with E-state index in [1.807, 2.05) is 83.1 Å². The maximum Gasteiger partial charge on any atom is 0.369 e. The zero-order chi connectivity index (χ0) is 40.1. The molecule has 8 rings (SSSR count). The molecule has 4 aromatic heterocycles. The Bertz CT molecular complexity index is 2180. The van der Waals surface area contributed by atoms with E-state index in [-0.39, 0.29) is 7.43 Å². The lowest BCUT2D eigenvalue weighted by Gasteiger charge is -2.04. The predicted molar refractivity (Wildman–Crippen MR) is 242 cm³/mol. The molecule has 0 N–H and O–H groups in total. The van der Waals surface area contributed by atoms with Gasteiger partial charge in [0.25, 0.3) is 5.65 Å². The lowest BCUT2D eigenvalue weighted by Crippen LogP contribution is -2.32. The van der Waals surface area contributed by atoms with E-state index in [2.05, 4.69) is 179 Å². The molecule has 8 aromatic rings. The number of aryl methyl sites for hydroxylation is 4. The first-order valence-corrected chi connectivity index (χ1v) is 20.0. The number of aromatic nitrogens is 5. The fourth-order valence-corrected chi connectivity index (χ4v) is 6.24. The molecule has 0 radical (unpaired) electrons. The summed E-state index contributed by atoms with van der Waals surface area (Å²) < 4.78 is 11.2. The number of benzene rings is 4. The van der Waals surface area contributed by atoms with Crippen molar-refractivity contribution in [2.75, 3.05) is 0 Å². The predicted octanol–water partition coefficient (Wildman–Crippen LogP) is 13.7. The molecule has 0 aliphatic carbocycles. The maximum atomic E-state index is 2.36. The lowest BCUT2D eigenvalue weighted by molar-refractivity contribution is -0.664. The highest BCUT2D eigenvalue weighted by Gasteiger charge is 2.23. The van der Waals surface area contributed by atoms with Crippen LogP contribution in [-0.4, -0.2) is 13.7 Å². The standard InChI is InChI=1S/C18H18N3.C18H15N2.6C2H6.CH4/c1-13-7-6-9-15-14-8-4-5-10-16(14)21(17(13)15)18-19(2)11-12-20(18)3;1-19-13-7-11-16-15-10-5-6-12-17(15)20(18(16)19)14-8-3-2-4-9-14;6*1-2;/h4-12H,1-3H3;2-13H,1H3;6*1-2H3;1H4/q2*+1;;;;;;;. The molecule has 0 bridgehead atoms. The molecule has 0 atom stereocenters. The molecule has 4 heterocycles. The fraction of sp³-hybridized carbons (Fsp3) is 0.347. The largest absolute Gasteiger partial charge is 0.369 e. The summed E-state index contributed by atoms with van der Waals surface area (Å²) in [6, 6.07) is 38.5. The second-order valence-electron chi connectivity index (χ2n) is 10.7. The third-order valence-electron chi connectivity index (χ3n) is 8.05. The Morgan fingerprint density at radius 2 is 0.907 bits per heavy atom. The first-order valence-electron chi connectivity index (χ1n) is 20.0. The number of nitrogens with zero attached hydrogens (tertiary/aromatic N) is 5. The molecule has 0 aliphatic heterocycles. The lowest BCUT2D eigenvalue weighted by atomic mass is 10.1. The zero-order valence-corrected chi connectivity index (χ0v) is 35.9. The van der Waals surface area contributed by atoms with Crippen LogP contribution >= 0.6 is 0 Å². The van der Waals surface area contributed by atoms with E-state index in [0.717, 1.165) is 5.95 Å². The van der Waals surface area contributed by atoms with E-state index < -0.39 is 0 Å². The van der Waals surface area contributed by atoms with Gasteiger partial charge in [-0.05, 0) is 55.0 Å². The Kier molecular flexibility index (Phi) is 23.3. The molecule has 292 valence electrons. The van der Waals surface area contributed by atoms with Gasteiger partial charge in [0.2, 0.25) is 0 Å². The van der Waals surface area contributed by atoms with E-state index in [9.17, 15) is 0 Å². The highest BCUT2D eigenvalue weighted by molar-refractivity contribution is 6.10. The van der Waals surface area contributed by atoms with Crippen LogP contribution in [0.5, 0.6) is 0 Å². The van der Waals surface area contributed by atoms with Gasteiger partial charge in [-0.25, -0.2) is 13.7 Å². The van der Waals surface area contributed by atoms with Crippen molar-refractivity contribution in [3.63, 3.8) is 0 Å². The molecule has 5 heteroatoms. The minimum atomic E-state index is 0. The van der Waals surface area contributed by atoms with Crippen LogP contribution in [0.15, 0.2) is 128 Å². The quantitative estimate of drug-likeness (QED) is 0.158. The normalized spacial score (nSPS) is 9.33. The van der Waals surface area contributed by atoms with Crippen molar-refractivity contribution >= 4 is 43.7 Å². The molecule has 0 saturated heterocycles. The molecule has 0 aliphatic rings. The third-order valence-corrected chi connectivity index (χ3v) is 8.05. The second kappa shape index (κ2) is 25.8. The van der Waals surface area contributed by atoms with E-state index in [1.165, 1.54) is 55.0 Å². The number of hydrogen-bond donors (Lipinski definition) is 0. The first-order chi connectivity index (χ1) is 26.0. The molecule has 0 amide bonds. The summed E-state index contributed by atoms with van der Waals surface area (Å²) in [5, 5.41) is 5.20. The van der Waals surface area contributed by atoms with Crippen molar-refractivity contribution in [3.8, 4) is 11.6 Å². The van der Waals surface area contributed by atoms with Gasteiger partial charge in [-0.1, -0.05) is 157 Å². The topological polar surface area (TPSA) is 22.5 Å². The molecular formula is C49H73N5+2.